The van der Waals surface area contributed by atoms with Gasteiger partial charge in [-0.05, 0) is 43.7 Å². The number of anilines is 1. The van der Waals surface area contributed by atoms with Crippen LogP contribution in [0.5, 0.6) is 0 Å². The molecular formula is C15H20N2OS. The number of aliphatic hydroxyl groups is 1. The van der Waals surface area contributed by atoms with Gasteiger partial charge in [0.25, 0.3) is 0 Å². The van der Waals surface area contributed by atoms with Crippen LogP contribution in [0.2, 0.25) is 0 Å². The van der Waals surface area contributed by atoms with Crippen LogP contribution in [0.1, 0.15) is 25.7 Å². The van der Waals surface area contributed by atoms with E-state index in [1.54, 1.807) is 11.3 Å². The molecule has 0 saturated carbocycles. The van der Waals surface area contributed by atoms with E-state index in [1.165, 1.54) is 29.1 Å². The molecule has 1 aliphatic heterocycles. The molecule has 0 unspecified atom stereocenters. The average molecular weight is 276 g/mol. The lowest BCUT2D eigenvalue weighted by Gasteiger charge is -2.31. The summed E-state index contributed by atoms with van der Waals surface area (Å²) in [6, 6.07) is 8.35. The zero-order valence-electron chi connectivity index (χ0n) is 11.1. The Labute approximate surface area is 117 Å². The molecule has 2 aromatic rings. The molecule has 1 saturated heterocycles. The lowest BCUT2D eigenvalue weighted by Crippen LogP contribution is -2.33. The van der Waals surface area contributed by atoms with E-state index in [0.717, 1.165) is 30.9 Å². The van der Waals surface area contributed by atoms with Crippen LogP contribution in [0.3, 0.4) is 0 Å². The van der Waals surface area contributed by atoms with Crippen LogP contribution in [0.15, 0.2) is 24.3 Å². The molecular weight excluding hydrogens is 256 g/mol. The van der Waals surface area contributed by atoms with Gasteiger partial charge < -0.3 is 10.0 Å². The summed E-state index contributed by atoms with van der Waals surface area (Å²) in [5.74, 6) is 0.790. The molecule has 3 nitrogen and oxygen atoms in total. The van der Waals surface area contributed by atoms with Crippen LogP contribution in [0.25, 0.3) is 10.2 Å². The highest BCUT2D eigenvalue weighted by Gasteiger charge is 2.21. The van der Waals surface area contributed by atoms with Crippen LogP contribution < -0.4 is 4.90 Å². The average Bonchev–Trinajstić information content (AvgIpc) is 2.89. The second-order valence-electron chi connectivity index (χ2n) is 5.26. The van der Waals surface area contributed by atoms with E-state index in [4.69, 9.17) is 10.1 Å². The van der Waals surface area contributed by atoms with Crippen molar-refractivity contribution in [3.05, 3.63) is 24.3 Å². The lowest BCUT2D eigenvalue weighted by atomic mass is 9.92. The summed E-state index contributed by atoms with van der Waals surface area (Å²) in [4.78, 5) is 7.14. The number of para-hydroxylation sites is 1. The smallest absolute Gasteiger partial charge is 0.186 e. The highest BCUT2D eigenvalue weighted by Crippen LogP contribution is 2.32. The number of nitrogens with zero attached hydrogens (tertiary/aromatic N) is 2. The molecule has 2 heterocycles. The molecule has 1 aliphatic rings. The minimum Gasteiger partial charge on any atom is -0.396 e. The molecule has 1 aromatic heterocycles. The zero-order valence-corrected chi connectivity index (χ0v) is 11.9. The Morgan fingerprint density at radius 3 is 2.79 bits per heavy atom. The monoisotopic (exact) mass is 276 g/mol. The predicted octanol–water partition coefficient (Wildman–Crippen LogP) is 3.29. The predicted molar refractivity (Wildman–Crippen MR) is 80.9 cm³/mol. The Morgan fingerprint density at radius 2 is 2.05 bits per heavy atom. The van der Waals surface area contributed by atoms with Gasteiger partial charge >= 0.3 is 0 Å². The summed E-state index contributed by atoms with van der Waals surface area (Å²) in [5.41, 5.74) is 1.12. The van der Waals surface area contributed by atoms with Gasteiger partial charge in [-0.1, -0.05) is 23.5 Å². The van der Waals surface area contributed by atoms with Crippen molar-refractivity contribution >= 4 is 26.7 Å². The molecule has 1 aromatic carbocycles. The largest absolute Gasteiger partial charge is 0.396 e. The number of hydrogen-bond acceptors (Lipinski definition) is 4. The molecule has 0 radical (unpaired) electrons. The van der Waals surface area contributed by atoms with Gasteiger partial charge in [0.2, 0.25) is 0 Å². The molecule has 0 spiro atoms. The van der Waals surface area contributed by atoms with Crippen LogP contribution in [-0.4, -0.2) is 29.8 Å². The van der Waals surface area contributed by atoms with E-state index >= 15 is 0 Å². The Morgan fingerprint density at radius 1 is 1.26 bits per heavy atom. The van der Waals surface area contributed by atoms with Gasteiger partial charge in [-0.2, -0.15) is 0 Å². The van der Waals surface area contributed by atoms with Crippen LogP contribution >= 0.6 is 11.3 Å². The van der Waals surface area contributed by atoms with Gasteiger partial charge in [0.15, 0.2) is 5.13 Å². The number of fused-ring (bicyclic) bond motifs is 1. The highest BCUT2D eigenvalue weighted by atomic mass is 32.1. The fourth-order valence-corrected chi connectivity index (χ4v) is 3.81. The fraction of sp³-hybridized carbons (Fsp3) is 0.533. The summed E-state index contributed by atoms with van der Waals surface area (Å²) in [7, 11) is 0. The maximum Gasteiger partial charge on any atom is 0.186 e. The second kappa shape index (κ2) is 5.88. The number of rotatable bonds is 4. The van der Waals surface area contributed by atoms with Gasteiger partial charge in [-0.25, -0.2) is 4.98 Å². The Bertz CT molecular complexity index is 499. The van der Waals surface area contributed by atoms with Gasteiger partial charge in [0.1, 0.15) is 0 Å². The van der Waals surface area contributed by atoms with Gasteiger partial charge in [0, 0.05) is 19.7 Å². The number of aromatic nitrogens is 1. The summed E-state index contributed by atoms with van der Waals surface area (Å²) < 4.78 is 1.28. The molecule has 0 aliphatic carbocycles. The lowest BCUT2D eigenvalue weighted by molar-refractivity contribution is 0.261. The van der Waals surface area contributed by atoms with E-state index in [-0.39, 0.29) is 0 Å². The third-order valence-corrected chi connectivity index (χ3v) is 5.04. The molecule has 1 fully saturated rings. The Kier molecular flexibility index (Phi) is 3.99. The van der Waals surface area contributed by atoms with Crippen molar-refractivity contribution in [1.82, 2.24) is 4.98 Å². The molecule has 4 heteroatoms. The van der Waals surface area contributed by atoms with Crippen LogP contribution in [0, 0.1) is 5.92 Å². The fourth-order valence-electron chi connectivity index (χ4n) is 2.79. The molecule has 0 atom stereocenters. The summed E-state index contributed by atoms with van der Waals surface area (Å²) in [6.45, 7) is 2.55. The van der Waals surface area contributed by atoms with Gasteiger partial charge in [0.05, 0.1) is 10.2 Å². The maximum absolute atomic E-state index is 8.89. The maximum atomic E-state index is 8.89. The van der Waals surface area contributed by atoms with Crippen molar-refractivity contribution in [3.63, 3.8) is 0 Å². The SMILES string of the molecule is OCCCC1CCN(c2nc3ccccc3s2)CC1. The minimum atomic E-state index is 0.331. The topological polar surface area (TPSA) is 36.4 Å². The molecule has 102 valence electrons. The quantitative estimate of drug-likeness (QED) is 0.931. The van der Waals surface area contributed by atoms with Crippen LogP contribution in [0.4, 0.5) is 5.13 Å². The number of aliphatic hydroxyl groups excluding tert-OH is 1. The Balaban J connectivity index is 1.64. The molecule has 3 rings (SSSR count). The molecule has 1 N–H and O–H groups in total. The number of thiazole rings is 1. The van der Waals surface area contributed by atoms with Crippen molar-refractivity contribution in [2.24, 2.45) is 5.92 Å². The van der Waals surface area contributed by atoms with Crippen molar-refractivity contribution in [1.29, 1.82) is 0 Å². The minimum absolute atomic E-state index is 0.331. The van der Waals surface area contributed by atoms with Crippen molar-refractivity contribution in [2.45, 2.75) is 25.7 Å². The first kappa shape index (κ1) is 12.9. The summed E-state index contributed by atoms with van der Waals surface area (Å²) >= 11 is 1.80. The van der Waals surface area contributed by atoms with Gasteiger partial charge in [-0.3, -0.25) is 0 Å². The van der Waals surface area contributed by atoms with Crippen molar-refractivity contribution in [2.75, 3.05) is 24.6 Å². The zero-order chi connectivity index (χ0) is 13.1. The van der Waals surface area contributed by atoms with E-state index in [1.807, 2.05) is 6.07 Å². The normalized spacial score (nSPS) is 17.2. The molecule has 0 amide bonds. The second-order valence-corrected chi connectivity index (χ2v) is 6.27. The number of piperidine rings is 1. The van der Waals surface area contributed by atoms with E-state index in [2.05, 4.69) is 23.1 Å². The first-order chi connectivity index (χ1) is 9.36. The van der Waals surface area contributed by atoms with Crippen molar-refractivity contribution < 1.29 is 5.11 Å². The first-order valence-corrected chi connectivity index (χ1v) is 7.90. The highest BCUT2D eigenvalue weighted by molar-refractivity contribution is 7.22. The van der Waals surface area contributed by atoms with Crippen LogP contribution in [-0.2, 0) is 0 Å². The third kappa shape index (κ3) is 2.90. The summed E-state index contributed by atoms with van der Waals surface area (Å²) in [6.07, 6.45) is 4.59. The molecule has 0 bridgehead atoms. The van der Waals surface area contributed by atoms with E-state index < -0.39 is 0 Å². The third-order valence-electron chi connectivity index (χ3n) is 3.94. The number of benzene rings is 1. The van der Waals surface area contributed by atoms with E-state index in [0.29, 0.717) is 6.61 Å². The van der Waals surface area contributed by atoms with Gasteiger partial charge in [-0.15, -0.1) is 0 Å². The Hall–Kier alpha value is -1.13. The standard InChI is InChI=1S/C15H20N2OS/c18-11-3-4-12-7-9-17(10-8-12)15-16-13-5-1-2-6-14(13)19-15/h1-2,5-6,12,18H,3-4,7-11H2. The van der Waals surface area contributed by atoms with E-state index in [9.17, 15) is 0 Å². The first-order valence-electron chi connectivity index (χ1n) is 7.08. The summed E-state index contributed by atoms with van der Waals surface area (Å²) in [5, 5.41) is 10.1. The van der Waals surface area contributed by atoms with Crippen molar-refractivity contribution in [3.8, 4) is 0 Å². The number of hydrogen-bond donors (Lipinski definition) is 1. The molecule has 19 heavy (non-hydrogen) atoms.